The molecule has 9 heteroatoms. The summed E-state index contributed by atoms with van der Waals surface area (Å²) in [4.78, 5) is 19.4. The van der Waals surface area contributed by atoms with E-state index in [0.29, 0.717) is 24.5 Å². The smallest absolute Gasteiger partial charge is 0.322 e. The molecule has 3 aromatic rings. The molecule has 0 unspecified atom stereocenters. The molecular weight excluding hydrogens is 474 g/mol. The summed E-state index contributed by atoms with van der Waals surface area (Å²) in [7, 11) is 1.57. The number of rotatable bonds is 4. The number of ether oxygens (including phenoxy) is 1. The second kappa shape index (κ2) is 9.44. The Morgan fingerprint density at radius 1 is 1.03 bits per heavy atom. The monoisotopic (exact) mass is 499 g/mol. The predicted molar refractivity (Wildman–Crippen MR) is 127 cm³/mol. The van der Waals surface area contributed by atoms with Crippen molar-refractivity contribution < 1.29 is 27.1 Å². The molecule has 0 atom stereocenters. The average molecular weight is 500 g/mol. The quantitative estimate of drug-likeness (QED) is 0.399. The fourth-order valence-corrected chi connectivity index (χ4v) is 4.99. The Kier molecular flexibility index (Phi) is 6.32. The molecule has 1 aromatic heterocycles. The van der Waals surface area contributed by atoms with Crippen LogP contribution in [0.15, 0.2) is 48.7 Å². The van der Waals surface area contributed by atoms with E-state index in [4.69, 9.17) is 4.74 Å². The standard InChI is InChI=1S/C27H25F4N3O2/c1-36-20-4-2-17-14-34(15-18(17)12-20)26(35)33-25-21(22-13-19(28)3-5-23(22)29)8-11-32-24(25)16-6-9-27(30,31)10-7-16/h2-5,8,11-13,16H,6-7,9-10,14-15H2,1H3,(H,33,35). The number of amides is 2. The van der Waals surface area contributed by atoms with Crippen LogP contribution >= 0.6 is 0 Å². The maximum absolute atomic E-state index is 14.8. The van der Waals surface area contributed by atoms with Crippen molar-refractivity contribution in [3.8, 4) is 16.9 Å². The van der Waals surface area contributed by atoms with Gasteiger partial charge in [0.15, 0.2) is 0 Å². The lowest BCUT2D eigenvalue weighted by atomic mass is 9.83. The zero-order chi connectivity index (χ0) is 25.4. The van der Waals surface area contributed by atoms with Crippen molar-refractivity contribution in [2.45, 2.75) is 50.6 Å². The molecule has 1 aliphatic heterocycles. The number of aromatic nitrogens is 1. The SMILES string of the molecule is COc1ccc2c(c1)CN(C(=O)Nc1c(-c3cc(F)ccc3F)ccnc1C1CCC(F)(F)CC1)C2. The van der Waals surface area contributed by atoms with Crippen LogP contribution in [0.2, 0.25) is 0 Å². The Balaban J connectivity index is 1.50. The van der Waals surface area contributed by atoms with Crippen LogP contribution in [0.1, 0.15) is 48.4 Å². The molecule has 5 rings (SSSR count). The van der Waals surface area contributed by atoms with Gasteiger partial charge in [0.2, 0.25) is 5.92 Å². The third-order valence-corrected chi connectivity index (χ3v) is 6.96. The molecule has 2 aromatic carbocycles. The Hall–Kier alpha value is -3.62. The number of hydrogen-bond acceptors (Lipinski definition) is 3. The van der Waals surface area contributed by atoms with Crippen LogP contribution in [0, 0.1) is 11.6 Å². The number of nitrogens with one attached hydrogen (secondary N) is 1. The summed E-state index contributed by atoms with van der Waals surface area (Å²) in [5.41, 5.74) is 2.75. The van der Waals surface area contributed by atoms with E-state index >= 15 is 0 Å². The number of hydrogen-bond donors (Lipinski definition) is 1. The van der Waals surface area contributed by atoms with Crippen LogP contribution in [0.4, 0.5) is 28.0 Å². The average Bonchev–Trinajstić information content (AvgIpc) is 3.29. The van der Waals surface area contributed by atoms with Crippen molar-refractivity contribution in [1.82, 2.24) is 9.88 Å². The largest absolute Gasteiger partial charge is 0.497 e. The van der Waals surface area contributed by atoms with E-state index in [2.05, 4.69) is 10.3 Å². The van der Waals surface area contributed by atoms with Gasteiger partial charge in [0.1, 0.15) is 17.4 Å². The van der Waals surface area contributed by atoms with E-state index in [1.807, 2.05) is 18.2 Å². The summed E-state index contributed by atoms with van der Waals surface area (Å²) >= 11 is 0. The fraction of sp³-hybridized carbons (Fsp3) is 0.333. The van der Waals surface area contributed by atoms with Gasteiger partial charge in [-0.3, -0.25) is 4.98 Å². The third-order valence-electron chi connectivity index (χ3n) is 6.96. The summed E-state index contributed by atoms with van der Waals surface area (Å²) in [6, 6.07) is 9.72. The first kappa shape index (κ1) is 24.1. The number of urea groups is 1. The van der Waals surface area contributed by atoms with Crippen LogP contribution in [0.5, 0.6) is 5.75 Å². The van der Waals surface area contributed by atoms with Gasteiger partial charge in [-0.15, -0.1) is 0 Å². The van der Waals surface area contributed by atoms with E-state index in [1.54, 1.807) is 12.0 Å². The molecule has 0 bridgehead atoms. The molecule has 5 nitrogen and oxygen atoms in total. The highest BCUT2D eigenvalue weighted by Gasteiger charge is 2.37. The number of carbonyl (C=O) groups excluding carboxylic acids is 1. The number of anilines is 1. The third kappa shape index (κ3) is 4.74. The first-order chi connectivity index (χ1) is 17.2. The molecular formula is C27H25F4N3O2. The molecule has 36 heavy (non-hydrogen) atoms. The van der Waals surface area contributed by atoms with E-state index < -0.39 is 23.6 Å². The van der Waals surface area contributed by atoms with Crippen molar-refractivity contribution in [3.63, 3.8) is 0 Å². The molecule has 1 N–H and O–H groups in total. The lowest BCUT2D eigenvalue weighted by molar-refractivity contribution is -0.0384. The highest BCUT2D eigenvalue weighted by atomic mass is 19.3. The van der Waals surface area contributed by atoms with Gasteiger partial charge in [-0.05, 0) is 60.4 Å². The lowest BCUT2D eigenvalue weighted by Crippen LogP contribution is -2.31. The van der Waals surface area contributed by atoms with Gasteiger partial charge >= 0.3 is 6.03 Å². The number of carbonyl (C=O) groups is 1. The molecule has 0 spiro atoms. The maximum atomic E-state index is 14.8. The molecule has 2 heterocycles. The van der Waals surface area contributed by atoms with Gasteiger partial charge in [0.25, 0.3) is 0 Å². The second-order valence-corrected chi connectivity index (χ2v) is 9.29. The van der Waals surface area contributed by atoms with Crippen LogP contribution in [0.25, 0.3) is 11.1 Å². The summed E-state index contributed by atoms with van der Waals surface area (Å²) in [5, 5.41) is 2.86. The molecule has 0 saturated heterocycles. The van der Waals surface area contributed by atoms with Gasteiger partial charge in [0, 0.05) is 49.2 Å². The van der Waals surface area contributed by atoms with Crippen molar-refractivity contribution in [1.29, 1.82) is 0 Å². The normalized spacial score (nSPS) is 17.1. The number of benzene rings is 2. The lowest BCUT2D eigenvalue weighted by Gasteiger charge is -2.30. The minimum Gasteiger partial charge on any atom is -0.497 e. The van der Waals surface area contributed by atoms with Gasteiger partial charge in [-0.25, -0.2) is 22.4 Å². The Bertz CT molecular complexity index is 1300. The number of alkyl halides is 2. The zero-order valence-electron chi connectivity index (χ0n) is 19.7. The first-order valence-electron chi connectivity index (χ1n) is 11.8. The van der Waals surface area contributed by atoms with E-state index in [1.165, 1.54) is 12.3 Å². The number of fused-ring (bicyclic) bond motifs is 1. The molecule has 188 valence electrons. The fourth-order valence-electron chi connectivity index (χ4n) is 4.99. The molecule has 2 aliphatic rings. The zero-order valence-corrected chi connectivity index (χ0v) is 19.7. The number of halogens is 4. The minimum absolute atomic E-state index is 0.0375. The van der Waals surface area contributed by atoms with Crippen molar-refractivity contribution in [3.05, 3.63) is 77.1 Å². The van der Waals surface area contributed by atoms with Crippen molar-refractivity contribution in [2.24, 2.45) is 0 Å². The maximum Gasteiger partial charge on any atom is 0.322 e. The van der Waals surface area contributed by atoms with Crippen molar-refractivity contribution in [2.75, 3.05) is 12.4 Å². The molecule has 2 amide bonds. The summed E-state index contributed by atoms with van der Waals surface area (Å²) in [6.07, 6.45) is 1.19. The first-order valence-corrected chi connectivity index (χ1v) is 11.8. The molecule has 1 fully saturated rings. The Labute approximate surface area is 206 Å². The van der Waals surface area contributed by atoms with E-state index in [-0.39, 0.29) is 48.4 Å². The number of methoxy groups -OCH3 is 1. The predicted octanol–water partition coefficient (Wildman–Crippen LogP) is 6.88. The number of nitrogens with zero attached hydrogens (tertiary/aromatic N) is 2. The Morgan fingerprint density at radius 3 is 2.53 bits per heavy atom. The minimum atomic E-state index is -2.74. The van der Waals surface area contributed by atoms with Crippen molar-refractivity contribution >= 4 is 11.7 Å². The highest BCUT2D eigenvalue weighted by molar-refractivity contribution is 5.95. The van der Waals surface area contributed by atoms with Gasteiger partial charge < -0.3 is 15.0 Å². The second-order valence-electron chi connectivity index (χ2n) is 9.29. The number of pyridine rings is 1. The van der Waals surface area contributed by atoms with Gasteiger partial charge in [0.05, 0.1) is 18.5 Å². The van der Waals surface area contributed by atoms with Crippen LogP contribution in [0.3, 0.4) is 0 Å². The van der Waals surface area contributed by atoms with Crippen LogP contribution in [-0.2, 0) is 13.1 Å². The summed E-state index contributed by atoms with van der Waals surface area (Å²) in [6.45, 7) is 0.702. The van der Waals surface area contributed by atoms with E-state index in [0.717, 1.165) is 29.3 Å². The summed E-state index contributed by atoms with van der Waals surface area (Å²) in [5.74, 6) is -3.71. The van der Waals surface area contributed by atoms with Crippen LogP contribution in [-0.4, -0.2) is 28.9 Å². The highest BCUT2D eigenvalue weighted by Crippen LogP contribution is 2.44. The van der Waals surface area contributed by atoms with E-state index in [9.17, 15) is 22.4 Å². The van der Waals surface area contributed by atoms with Gasteiger partial charge in [-0.1, -0.05) is 6.07 Å². The van der Waals surface area contributed by atoms with Gasteiger partial charge in [-0.2, -0.15) is 0 Å². The van der Waals surface area contributed by atoms with Crippen LogP contribution < -0.4 is 10.1 Å². The topological polar surface area (TPSA) is 54.5 Å². The summed E-state index contributed by atoms with van der Waals surface area (Å²) < 4.78 is 61.8. The Morgan fingerprint density at radius 2 is 1.78 bits per heavy atom. The molecule has 1 saturated carbocycles. The molecule has 1 aliphatic carbocycles. The molecule has 0 radical (unpaired) electrons.